The van der Waals surface area contributed by atoms with Gasteiger partial charge in [0.1, 0.15) is 11.5 Å². The lowest BCUT2D eigenvalue weighted by Gasteiger charge is -2.15. The fourth-order valence-corrected chi connectivity index (χ4v) is 3.53. The van der Waals surface area contributed by atoms with Crippen molar-refractivity contribution in [2.45, 2.75) is 49.3 Å². The number of phenols is 2. The van der Waals surface area contributed by atoms with Gasteiger partial charge in [0, 0.05) is 34.7 Å². The third-order valence-electron chi connectivity index (χ3n) is 4.76. The molecule has 0 amide bonds. The van der Waals surface area contributed by atoms with Crippen molar-refractivity contribution in [1.29, 1.82) is 0 Å². The smallest absolute Gasteiger partial charge is 0.120 e. The molecule has 0 aliphatic carbocycles. The van der Waals surface area contributed by atoms with Gasteiger partial charge in [0.05, 0.1) is 0 Å². The molecule has 0 saturated carbocycles. The largest absolute Gasteiger partial charge is 0.508 e. The van der Waals surface area contributed by atoms with Crippen molar-refractivity contribution in [3.63, 3.8) is 0 Å². The van der Waals surface area contributed by atoms with E-state index >= 15 is 0 Å². The van der Waals surface area contributed by atoms with Gasteiger partial charge < -0.3 is 20.8 Å². The lowest BCUT2D eigenvalue weighted by atomic mass is 10.1. The molecule has 6 heteroatoms. The molecule has 4 nitrogen and oxygen atoms in total. The van der Waals surface area contributed by atoms with Gasteiger partial charge >= 0.3 is 0 Å². The molecule has 0 radical (unpaired) electrons. The molecule has 0 aliphatic rings. The second kappa shape index (κ2) is 13.0. The monoisotopic (exact) mass is 420 g/mol. The molecule has 28 heavy (non-hydrogen) atoms. The van der Waals surface area contributed by atoms with E-state index in [4.69, 9.17) is 0 Å². The number of thiol groups is 2. The zero-order valence-electron chi connectivity index (χ0n) is 16.2. The molecule has 0 aliphatic heterocycles. The van der Waals surface area contributed by atoms with Gasteiger partial charge in [-0.15, -0.1) is 0 Å². The molecule has 0 heterocycles. The van der Waals surface area contributed by atoms with E-state index in [9.17, 15) is 10.2 Å². The van der Waals surface area contributed by atoms with Crippen LogP contribution in [0.25, 0.3) is 0 Å². The maximum absolute atomic E-state index is 9.75. The van der Waals surface area contributed by atoms with Crippen LogP contribution in [0.5, 0.6) is 11.5 Å². The zero-order valence-corrected chi connectivity index (χ0v) is 18.0. The van der Waals surface area contributed by atoms with Crippen LogP contribution in [0, 0.1) is 0 Å². The van der Waals surface area contributed by atoms with Crippen molar-refractivity contribution >= 4 is 25.3 Å². The minimum Gasteiger partial charge on any atom is -0.508 e. The van der Waals surface area contributed by atoms with Crippen molar-refractivity contribution in [2.24, 2.45) is 0 Å². The first-order valence-corrected chi connectivity index (χ1v) is 10.9. The number of phenolic OH excluding ortho intramolecular Hbond substituents is 2. The van der Waals surface area contributed by atoms with Crippen LogP contribution in [-0.2, 0) is 13.1 Å². The van der Waals surface area contributed by atoms with Crippen LogP contribution in [0.3, 0.4) is 0 Å². The fraction of sp³-hybridized carbons (Fsp3) is 0.455. The summed E-state index contributed by atoms with van der Waals surface area (Å²) in [4.78, 5) is 0. The quantitative estimate of drug-likeness (QED) is 0.218. The first kappa shape index (κ1) is 22.9. The second-order valence-electron chi connectivity index (χ2n) is 7.07. The highest BCUT2D eigenvalue weighted by Crippen LogP contribution is 2.18. The van der Waals surface area contributed by atoms with E-state index in [-0.39, 0.29) is 0 Å². The topological polar surface area (TPSA) is 64.5 Å². The molecule has 0 bridgehead atoms. The maximum atomic E-state index is 9.75. The van der Waals surface area contributed by atoms with Crippen molar-refractivity contribution in [3.05, 3.63) is 59.7 Å². The molecule has 2 aromatic rings. The van der Waals surface area contributed by atoms with E-state index in [0.29, 0.717) is 35.1 Å². The molecular formula is C22H32N2O2S2. The molecule has 4 N–H and O–H groups in total. The number of hydrogen-bond acceptors (Lipinski definition) is 6. The highest BCUT2D eigenvalue weighted by Gasteiger charge is 2.09. The average molecular weight is 421 g/mol. The van der Waals surface area contributed by atoms with Crippen LogP contribution in [-0.4, -0.2) is 33.8 Å². The SMILES string of the molecule is Oc1ccccc1CNCC[C@H](S)CC[C@@H](S)CCNCc1ccccc1O. The number of hydrogen-bond donors (Lipinski definition) is 6. The van der Waals surface area contributed by atoms with Crippen molar-refractivity contribution < 1.29 is 10.2 Å². The van der Waals surface area contributed by atoms with Crippen LogP contribution in [0.1, 0.15) is 36.8 Å². The lowest BCUT2D eigenvalue weighted by molar-refractivity contribution is 0.462. The summed E-state index contributed by atoms with van der Waals surface area (Å²) in [6.45, 7) is 3.10. The maximum Gasteiger partial charge on any atom is 0.120 e. The van der Waals surface area contributed by atoms with Crippen LogP contribution in [0.15, 0.2) is 48.5 Å². The summed E-state index contributed by atoms with van der Waals surface area (Å²) >= 11 is 9.37. The highest BCUT2D eigenvalue weighted by atomic mass is 32.1. The summed E-state index contributed by atoms with van der Waals surface area (Å²) in [5.74, 6) is 0.679. The first-order valence-electron chi connectivity index (χ1n) is 9.87. The Morgan fingerprint density at radius 1 is 0.643 bits per heavy atom. The van der Waals surface area contributed by atoms with E-state index in [1.807, 2.05) is 36.4 Å². The lowest BCUT2D eigenvalue weighted by Crippen LogP contribution is -2.20. The van der Waals surface area contributed by atoms with Crippen LogP contribution in [0.2, 0.25) is 0 Å². The summed E-state index contributed by atoms with van der Waals surface area (Å²) in [7, 11) is 0. The minimum atomic E-state index is 0.339. The van der Waals surface area contributed by atoms with E-state index in [1.165, 1.54) is 0 Å². The Bertz CT molecular complexity index is 640. The van der Waals surface area contributed by atoms with Crippen LogP contribution in [0.4, 0.5) is 0 Å². The second-order valence-corrected chi connectivity index (χ2v) is 8.53. The third-order valence-corrected chi connectivity index (χ3v) is 5.79. The van der Waals surface area contributed by atoms with Crippen molar-refractivity contribution in [2.75, 3.05) is 13.1 Å². The van der Waals surface area contributed by atoms with Gasteiger partial charge in [0.15, 0.2) is 0 Å². The summed E-state index contributed by atoms with van der Waals surface area (Å²) in [5, 5.41) is 26.9. The number of benzene rings is 2. The highest BCUT2D eigenvalue weighted by molar-refractivity contribution is 7.81. The average Bonchev–Trinajstić information content (AvgIpc) is 2.69. The van der Waals surface area contributed by atoms with Gasteiger partial charge in [0.2, 0.25) is 0 Å². The Kier molecular flexibility index (Phi) is 10.6. The molecule has 154 valence electrons. The molecule has 0 unspecified atom stereocenters. The molecule has 2 aromatic carbocycles. The molecule has 2 rings (SSSR count). The summed E-state index contributed by atoms with van der Waals surface area (Å²) in [6, 6.07) is 14.8. The van der Waals surface area contributed by atoms with Gasteiger partial charge in [-0.05, 0) is 50.9 Å². The summed E-state index contributed by atoms with van der Waals surface area (Å²) in [5.41, 5.74) is 1.84. The Morgan fingerprint density at radius 3 is 1.43 bits per heavy atom. The molecule has 0 aromatic heterocycles. The predicted molar refractivity (Wildman–Crippen MR) is 124 cm³/mol. The third kappa shape index (κ3) is 8.78. The number of nitrogens with one attached hydrogen (secondary N) is 2. The van der Waals surface area contributed by atoms with E-state index < -0.39 is 0 Å². The summed E-state index contributed by atoms with van der Waals surface area (Å²) < 4.78 is 0. The Hall–Kier alpha value is -1.34. The number of aromatic hydroxyl groups is 2. The van der Waals surface area contributed by atoms with Crippen LogP contribution < -0.4 is 10.6 Å². The van der Waals surface area contributed by atoms with Gasteiger partial charge in [0.25, 0.3) is 0 Å². The number of para-hydroxylation sites is 2. The molecular weight excluding hydrogens is 388 g/mol. The zero-order chi connectivity index (χ0) is 20.2. The Balaban J connectivity index is 1.50. The number of rotatable bonds is 13. The van der Waals surface area contributed by atoms with Gasteiger partial charge in [-0.25, -0.2) is 0 Å². The van der Waals surface area contributed by atoms with Gasteiger partial charge in [-0.3, -0.25) is 0 Å². The Labute approximate surface area is 179 Å². The van der Waals surface area contributed by atoms with Gasteiger partial charge in [-0.1, -0.05) is 36.4 Å². The molecule has 0 saturated heterocycles. The molecule has 2 atom stereocenters. The Morgan fingerprint density at radius 2 is 1.04 bits per heavy atom. The first-order chi connectivity index (χ1) is 13.6. The molecule has 0 fully saturated rings. The van der Waals surface area contributed by atoms with Gasteiger partial charge in [-0.2, -0.15) is 25.3 Å². The minimum absolute atomic E-state index is 0.339. The fourth-order valence-electron chi connectivity index (χ4n) is 2.98. The van der Waals surface area contributed by atoms with E-state index in [0.717, 1.165) is 49.9 Å². The van der Waals surface area contributed by atoms with Crippen LogP contribution >= 0.6 is 25.3 Å². The predicted octanol–water partition coefficient (Wildman–Crippen LogP) is 4.13. The molecule has 0 spiro atoms. The van der Waals surface area contributed by atoms with Crippen molar-refractivity contribution in [3.8, 4) is 11.5 Å². The van der Waals surface area contributed by atoms with E-state index in [2.05, 4.69) is 35.9 Å². The normalized spacial score (nSPS) is 13.4. The summed E-state index contributed by atoms with van der Waals surface area (Å²) in [6.07, 6.45) is 4.05. The standard InChI is InChI=1S/C22H32N2O2S2/c25-21-7-3-1-5-17(21)15-23-13-11-19(27)9-10-20(28)12-14-24-16-18-6-2-4-8-22(18)26/h1-8,19-20,23-28H,9-16H2/t19-,20-/m1/s1. The van der Waals surface area contributed by atoms with E-state index in [1.54, 1.807) is 12.1 Å². The van der Waals surface area contributed by atoms with Crippen molar-refractivity contribution in [1.82, 2.24) is 10.6 Å².